The Balaban J connectivity index is 0.000000147. The van der Waals surface area contributed by atoms with E-state index < -0.39 is 0 Å². The second kappa shape index (κ2) is 12.6. The summed E-state index contributed by atoms with van der Waals surface area (Å²) in [6.07, 6.45) is 0.166. The molecule has 2 aromatic carbocycles. The molecule has 0 bridgehead atoms. The summed E-state index contributed by atoms with van der Waals surface area (Å²) in [5.41, 5.74) is 0.448. The minimum Gasteiger partial charge on any atom is -0.472 e. The van der Waals surface area contributed by atoms with Crippen molar-refractivity contribution in [2.75, 3.05) is 26.2 Å². The number of H-pyrrole nitrogens is 4. The highest BCUT2D eigenvalue weighted by Gasteiger charge is 2.27. The van der Waals surface area contributed by atoms with E-state index in [1.807, 2.05) is 60.7 Å². The van der Waals surface area contributed by atoms with Crippen LogP contribution in [0.25, 0.3) is 44.6 Å². The van der Waals surface area contributed by atoms with Gasteiger partial charge in [0.25, 0.3) is 0 Å². The number of rotatable bonds is 6. The van der Waals surface area contributed by atoms with Gasteiger partial charge in [0.2, 0.25) is 11.8 Å². The maximum atomic E-state index is 11.3. The highest BCUT2D eigenvalue weighted by Crippen LogP contribution is 2.31. The van der Waals surface area contributed by atoms with E-state index in [1.54, 1.807) is 0 Å². The molecule has 2 fully saturated rings. The van der Waals surface area contributed by atoms with Crippen LogP contribution in [0, 0.1) is 11.8 Å². The molecule has 4 aromatic heterocycles. The highest BCUT2D eigenvalue weighted by molar-refractivity contribution is 5.90. The molecule has 46 heavy (non-hydrogen) atoms. The molecular weight excluding hydrogens is 588 g/mol. The predicted molar refractivity (Wildman–Crippen MR) is 173 cm³/mol. The first-order chi connectivity index (χ1) is 22.4. The van der Waals surface area contributed by atoms with Gasteiger partial charge in [0.15, 0.2) is 11.6 Å². The van der Waals surface area contributed by atoms with Gasteiger partial charge in [0, 0.05) is 48.8 Å². The lowest BCUT2D eigenvalue weighted by Crippen LogP contribution is -2.24. The van der Waals surface area contributed by atoms with Crippen LogP contribution in [0.5, 0.6) is 11.8 Å². The standard InChI is InChI=1S/2C16H17N5O2/c2*1-9-7-17-8-13(9)23-15-11-5-3-2-4-10(11)6-12(18-15)14-19-16(22)21-20-14/h2*2-6,9,13,17H,7-8H2,1H3,(H2,19,20,21,22)/t2*9-,13-/m10/s1. The van der Waals surface area contributed by atoms with E-state index in [4.69, 9.17) is 9.47 Å². The van der Waals surface area contributed by atoms with Gasteiger partial charge >= 0.3 is 11.4 Å². The van der Waals surface area contributed by atoms with E-state index >= 15 is 0 Å². The summed E-state index contributed by atoms with van der Waals surface area (Å²) in [6.45, 7) is 7.80. The van der Waals surface area contributed by atoms with Gasteiger partial charge in [-0.25, -0.2) is 29.8 Å². The Morgan fingerprint density at radius 3 is 1.43 bits per heavy atom. The fourth-order valence-electron chi connectivity index (χ4n) is 5.71. The van der Waals surface area contributed by atoms with Gasteiger partial charge in [-0.05, 0) is 35.0 Å². The van der Waals surface area contributed by atoms with Gasteiger partial charge < -0.3 is 20.1 Å². The minimum absolute atomic E-state index is 0.0828. The molecule has 0 aliphatic carbocycles. The maximum absolute atomic E-state index is 11.3. The Morgan fingerprint density at radius 1 is 0.630 bits per heavy atom. The summed E-state index contributed by atoms with van der Waals surface area (Å²) in [5, 5.41) is 23.2. The first-order valence-electron chi connectivity index (χ1n) is 15.3. The molecule has 8 rings (SSSR count). The first kappa shape index (κ1) is 29.4. The third kappa shape index (κ3) is 6.12. The van der Waals surface area contributed by atoms with Gasteiger partial charge in [-0.2, -0.15) is 10.2 Å². The maximum Gasteiger partial charge on any atom is 0.340 e. The molecule has 14 heteroatoms. The highest BCUT2D eigenvalue weighted by atomic mass is 16.5. The largest absolute Gasteiger partial charge is 0.472 e. The molecule has 0 spiro atoms. The van der Waals surface area contributed by atoms with Crippen LogP contribution >= 0.6 is 0 Å². The summed E-state index contributed by atoms with van der Waals surface area (Å²) >= 11 is 0. The van der Waals surface area contributed by atoms with E-state index in [0.717, 1.165) is 47.7 Å². The van der Waals surface area contributed by atoms with Crippen molar-refractivity contribution in [2.45, 2.75) is 26.1 Å². The van der Waals surface area contributed by atoms with E-state index in [0.29, 0.717) is 46.6 Å². The normalized spacial score (nSPS) is 20.9. The van der Waals surface area contributed by atoms with Crippen LogP contribution in [-0.4, -0.2) is 78.7 Å². The third-order valence-electron chi connectivity index (χ3n) is 8.32. The lowest BCUT2D eigenvalue weighted by Gasteiger charge is -2.18. The Hall–Kier alpha value is -5.34. The fourth-order valence-corrected chi connectivity index (χ4v) is 5.71. The van der Waals surface area contributed by atoms with Crippen LogP contribution in [-0.2, 0) is 0 Å². The second-order valence-corrected chi connectivity index (χ2v) is 11.7. The number of fused-ring (bicyclic) bond motifs is 2. The predicted octanol–water partition coefficient (Wildman–Crippen LogP) is 2.60. The van der Waals surface area contributed by atoms with E-state index in [-0.39, 0.29) is 23.6 Å². The zero-order chi connectivity index (χ0) is 31.6. The summed E-state index contributed by atoms with van der Waals surface area (Å²) in [7, 11) is 0. The molecule has 6 heterocycles. The molecule has 6 aromatic rings. The Bertz CT molecular complexity index is 1950. The van der Waals surface area contributed by atoms with E-state index in [9.17, 15) is 9.59 Å². The van der Waals surface area contributed by atoms with Crippen molar-refractivity contribution >= 4 is 21.5 Å². The summed E-state index contributed by atoms with van der Waals surface area (Å²) in [6, 6.07) is 19.6. The number of aromatic amines is 4. The van der Waals surface area contributed by atoms with Crippen LogP contribution in [0.15, 0.2) is 70.3 Å². The van der Waals surface area contributed by atoms with Crippen molar-refractivity contribution in [3.05, 3.63) is 81.6 Å². The minimum atomic E-state index is -0.356. The SMILES string of the molecule is C[C@@H]1CNC[C@H]1Oc1nc(-c2n[nH]c(=O)[nH]2)cc2ccccc12.C[C@H]1CNC[C@@H]1Oc1nc(-c2n[nH]c(=O)[nH]2)cc2ccccc12. The summed E-state index contributed by atoms with van der Waals surface area (Å²) in [5.74, 6) is 2.80. The quantitative estimate of drug-likeness (QED) is 0.161. The second-order valence-electron chi connectivity index (χ2n) is 11.7. The fraction of sp³-hybridized carbons (Fsp3) is 0.312. The van der Waals surface area contributed by atoms with Crippen LogP contribution in [0.2, 0.25) is 0 Å². The van der Waals surface area contributed by atoms with Crippen molar-refractivity contribution < 1.29 is 9.47 Å². The molecule has 0 amide bonds. The van der Waals surface area contributed by atoms with Crippen LogP contribution in [0.4, 0.5) is 0 Å². The van der Waals surface area contributed by atoms with E-state index in [1.165, 1.54) is 0 Å². The average Bonchev–Trinajstić information content (AvgIpc) is 3.88. The number of hydrogen-bond donors (Lipinski definition) is 6. The molecule has 0 radical (unpaired) electrons. The van der Waals surface area contributed by atoms with Crippen molar-refractivity contribution in [2.24, 2.45) is 11.8 Å². The molecule has 14 nitrogen and oxygen atoms in total. The number of hydrogen-bond acceptors (Lipinski definition) is 10. The molecule has 4 atom stereocenters. The van der Waals surface area contributed by atoms with Crippen molar-refractivity contribution in [3.63, 3.8) is 0 Å². The topological polar surface area (TPSA) is 191 Å². The van der Waals surface area contributed by atoms with Gasteiger partial charge in [-0.3, -0.25) is 9.97 Å². The van der Waals surface area contributed by atoms with Crippen molar-refractivity contribution in [3.8, 4) is 34.8 Å². The molecular formula is C32H34N10O4. The molecule has 0 unspecified atom stereocenters. The molecule has 2 aliphatic heterocycles. The van der Waals surface area contributed by atoms with Gasteiger partial charge in [-0.15, -0.1) is 0 Å². The van der Waals surface area contributed by atoms with Crippen LogP contribution < -0.4 is 31.5 Å². The van der Waals surface area contributed by atoms with E-state index in [2.05, 4.69) is 64.8 Å². The Morgan fingerprint density at radius 2 is 1.07 bits per heavy atom. The molecule has 2 aliphatic rings. The third-order valence-corrected chi connectivity index (χ3v) is 8.32. The molecule has 2 saturated heterocycles. The van der Waals surface area contributed by atoms with Crippen LogP contribution in [0.1, 0.15) is 13.8 Å². The zero-order valence-electron chi connectivity index (χ0n) is 25.3. The monoisotopic (exact) mass is 622 g/mol. The molecule has 236 valence electrons. The lowest BCUT2D eigenvalue weighted by molar-refractivity contribution is 0.178. The van der Waals surface area contributed by atoms with Crippen molar-refractivity contribution in [1.29, 1.82) is 0 Å². The number of aromatic nitrogens is 8. The zero-order valence-corrected chi connectivity index (χ0v) is 25.3. The lowest BCUT2D eigenvalue weighted by atomic mass is 10.1. The van der Waals surface area contributed by atoms with Gasteiger partial charge in [0.1, 0.15) is 23.6 Å². The average molecular weight is 623 g/mol. The molecule has 6 N–H and O–H groups in total. The number of nitrogens with zero attached hydrogens (tertiary/aromatic N) is 4. The summed E-state index contributed by atoms with van der Waals surface area (Å²) in [4.78, 5) is 37.0. The van der Waals surface area contributed by atoms with Crippen LogP contribution in [0.3, 0.4) is 0 Å². The Labute approximate surface area is 262 Å². The Kier molecular flexibility index (Phi) is 8.03. The summed E-state index contributed by atoms with van der Waals surface area (Å²) < 4.78 is 12.3. The van der Waals surface area contributed by atoms with Crippen molar-refractivity contribution in [1.82, 2.24) is 51.0 Å². The molecule has 0 saturated carbocycles. The number of nitrogens with one attached hydrogen (secondary N) is 6. The number of pyridine rings is 2. The number of ether oxygens (including phenoxy) is 2. The van der Waals surface area contributed by atoms with Gasteiger partial charge in [-0.1, -0.05) is 50.2 Å². The first-order valence-corrected chi connectivity index (χ1v) is 15.3. The van der Waals surface area contributed by atoms with Gasteiger partial charge in [0.05, 0.1) is 0 Å². The number of benzene rings is 2. The smallest absolute Gasteiger partial charge is 0.340 e.